The molecule has 1 saturated heterocycles. The maximum absolute atomic E-state index is 13.0. The first-order chi connectivity index (χ1) is 9.50. The molecule has 0 aliphatic carbocycles. The van der Waals surface area contributed by atoms with Crippen LogP contribution in [0, 0.1) is 0 Å². The summed E-state index contributed by atoms with van der Waals surface area (Å²) in [5, 5.41) is 0. The van der Waals surface area contributed by atoms with E-state index in [0.29, 0.717) is 36.4 Å². The number of hydrogen-bond donors (Lipinski definition) is 0. The number of benzene rings is 1. The number of nitrogens with zero attached hydrogens (tertiary/aromatic N) is 2. The van der Waals surface area contributed by atoms with Gasteiger partial charge in [-0.15, -0.1) is 0 Å². The smallest absolute Gasteiger partial charge is 0.346 e. The van der Waals surface area contributed by atoms with E-state index in [-0.39, 0.29) is 0 Å². The highest BCUT2D eigenvalue weighted by atomic mass is 19.4. The predicted molar refractivity (Wildman–Crippen MR) is 65.1 cm³/mol. The van der Waals surface area contributed by atoms with Gasteiger partial charge in [-0.1, -0.05) is 0 Å². The monoisotopic (exact) mass is 286 g/mol. The van der Waals surface area contributed by atoms with Gasteiger partial charge >= 0.3 is 6.18 Å². The standard InChI is InChI=1S/C13H13F3N2O2/c1-2-18-7-17-11-9(12-19-3-4-20-12)5-8(6-10(11)18)13(14,15)16/h5-7,12H,2-4H2,1H3. The molecule has 1 aliphatic heterocycles. The van der Waals surface area contributed by atoms with Crippen molar-refractivity contribution >= 4 is 11.0 Å². The van der Waals surface area contributed by atoms with E-state index in [4.69, 9.17) is 9.47 Å². The number of fused-ring (bicyclic) bond motifs is 1. The number of ether oxygens (including phenoxy) is 2. The number of imidazole rings is 1. The Labute approximate surface area is 113 Å². The molecule has 0 amide bonds. The summed E-state index contributed by atoms with van der Waals surface area (Å²) >= 11 is 0. The van der Waals surface area contributed by atoms with Crippen LogP contribution in [0.4, 0.5) is 13.2 Å². The molecule has 20 heavy (non-hydrogen) atoms. The lowest BCUT2D eigenvalue weighted by Gasteiger charge is -2.14. The van der Waals surface area contributed by atoms with E-state index in [1.807, 2.05) is 6.92 Å². The van der Waals surface area contributed by atoms with Crippen LogP contribution in [-0.4, -0.2) is 22.8 Å². The van der Waals surface area contributed by atoms with Gasteiger partial charge in [0.05, 0.1) is 36.1 Å². The third-order valence-corrected chi connectivity index (χ3v) is 3.30. The van der Waals surface area contributed by atoms with Gasteiger partial charge in [-0.25, -0.2) is 4.98 Å². The van der Waals surface area contributed by atoms with Crippen molar-refractivity contribution in [1.29, 1.82) is 0 Å². The molecule has 2 aromatic rings. The first-order valence-electron chi connectivity index (χ1n) is 6.30. The van der Waals surface area contributed by atoms with Gasteiger partial charge in [-0.05, 0) is 19.1 Å². The highest BCUT2D eigenvalue weighted by molar-refractivity contribution is 5.80. The third-order valence-electron chi connectivity index (χ3n) is 3.30. The minimum absolute atomic E-state index is 0.333. The predicted octanol–water partition coefficient (Wildman–Crippen LogP) is 3.12. The summed E-state index contributed by atoms with van der Waals surface area (Å²) < 4.78 is 51.3. The molecule has 0 unspecified atom stereocenters. The fourth-order valence-corrected chi connectivity index (χ4v) is 2.32. The van der Waals surface area contributed by atoms with Crippen molar-refractivity contribution in [3.05, 3.63) is 29.6 Å². The van der Waals surface area contributed by atoms with Gasteiger partial charge in [0.1, 0.15) is 0 Å². The van der Waals surface area contributed by atoms with Gasteiger partial charge in [0.25, 0.3) is 0 Å². The molecule has 0 atom stereocenters. The quantitative estimate of drug-likeness (QED) is 0.851. The van der Waals surface area contributed by atoms with Crippen LogP contribution in [0.15, 0.2) is 18.5 Å². The van der Waals surface area contributed by atoms with E-state index in [2.05, 4.69) is 4.98 Å². The molecular formula is C13H13F3N2O2. The van der Waals surface area contributed by atoms with Crippen molar-refractivity contribution < 1.29 is 22.6 Å². The molecule has 0 bridgehead atoms. The molecule has 1 aromatic carbocycles. The number of aromatic nitrogens is 2. The molecule has 1 aromatic heterocycles. The van der Waals surface area contributed by atoms with Crippen LogP contribution in [0.2, 0.25) is 0 Å². The van der Waals surface area contributed by atoms with Gasteiger partial charge in [0, 0.05) is 12.1 Å². The van der Waals surface area contributed by atoms with Crippen molar-refractivity contribution in [1.82, 2.24) is 9.55 Å². The second kappa shape index (κ2) is 4.75. The molecule has 4 nitrogen and oxygen atoms in total. The van der Waals surface area contributed by atoms with Crippen LogP contribution in [-0.2, 0) is 22.2 Å². The Hall–Kier alpha value is -1.60. The molecule has 7 heteroatoms. The number of alkyl halides is 3. The maximum atomic E-state index is 13.0. The summed E-state index contributed by atoms with van der Waals surface area (Å²) in [6.07, 6.45) is -3.66. The van der Waals surface area contributed by atoms with Crippen LogP contribution in [0.5, 0.6) is 0 Å². The minimum atomic E-state index is -4.41. The fourth-order valence-electron chi connectivity index (χ4n) is 2.32. The Bertz CT molecular complexity index is 630. The molecular weight excluding hydrogens is 273 g/mol. The normalized spacial score (nSPS) is 17.2. The zero-order valence-electron chi connectivity index (χ0n) is 10.8. The van der Waals surface area contributed by atoms with Gasteiger partial charge in [0.2, 0.25) is 0 Å². The Kier molecular flexibility index (Phi) is 3.18. The van der Waals surface area contributed by atoms with Crippen LogP contribution >= 0.6 is 0 Å². The molecule has 0 N–H and O–H groups in total. The largest absolute Gasteiger partial charge is 0.416 e. The molecule has 108 valence electrons. The SMILES string of the molecule is CCn1cnc2c(C3OCCO3)cc(C(F)(F)F)cc21. The Morgan fingerprint density at radius 3 is 2.60 bits per heavy atom. The van der Waals surface area contributed by atoms with Crippen LogP contribution in [0.25, 0.3) is 11.0 Å². The van der Waals surface area contributed by atoms with Crippen molar-refractivity contribution in [3.63, 3.8) is 0 Å². The van der Waals surface area contributed by atoms with Gasteiger partial charge in [-0.2, -0.15) is 13.2 Å². The molecule has 1 fully saturated rings. The molecule has 2 heterocycles. The summed E-state index contributed by atoms with van der Waals surface area (Å²) in [4.78, 5) is 4.19. The van der Waals surface area contributed by atoms with Crippen molar-refractivity contribution in [2.24, 2.45) is 0 Å². The summed E-state index contributed by atoms with van der Waals surface area (Å²) in [6.45, 7) is 3.14. The van der Waals surface area contributed by atoms with Gasteiger partial charge in [0.15, 0.2) is 6.29 Å². The number of rotatable bonds is 2. The third kappa shape index (κ3) is 2.16. The van der Waals surface area contributed by atoms with Crippen LogP contribution in [0.3, 0.4) is 0 Å². The molecule has 0 radical (unpaired) electrons. The van der Waals surface area contributed by atoms with E-state index < -0.39 is 18.0 Å². The highest BCUT2D eigenvalue weighted by Gasteiger charge is 2.34. The lowest BCUT2D eigenvalue weighted by Crippen LogP contribution is -2.09. The van der Waals surface area contributed by atoms with Crippen LogP contribution < -0.4 is 0 Å². The van der Waals surface area contributed by atoms with Gasteiger partial charge < -0.3 is 14.0 Å². The first-order valence-corrected chi connectivity index (χ1v) is 6.30. The average Bonchev–Trinajstić information content (AvgIpc) is 3.05. The maximum Gasteiger partial charge on any atom is 0.416 e. The minimum Gasteiger partial charge on any atom is -0.346 e. The first kappa shape index (κ1) is 13.4. The van der Waals surface area contributed by atoms with E-state index in [9.17, 15) is 13.2 Å². The van der Waals surface area contributed by atoms with E-state index in [0.717, 1.165) is 12.1 Å². The summed E-state index contributed by atoms with van der Waals surface area (Å²) in [7, 11) is 0. The second-order valence-electron chi connectivity index (χ2n) is 4.54. The Morgan fingerprint density at radius 1 is 1.30 bits per heavy atom. The zero-order valence-corrected chi connectivity index (χ0v) is 10.8. The Morgan fingerprint density at radius 2 is 2.00 bits per heavy atom. The summed E-state index contributed by atoms with van der Waals surface area (Å²) in [5.41, 5.74) is 0.553. The van der Waals surface area contributed by atoms with E-state index >= 15 is 0 Å². The average molecular weight is 286 g/mol. The van der Waals surface area contributed by atoms with Crippen molar-refractivity contribution in [2.45, 2.75) is 25.9 Å². The number of hydrogen-bond acceptors (Lipinski definition) is 3. The topological polar surface area (TPSA) is 36.3 Å². The lowest BCUT2D eigenvalue weighted by molar-refractivity contribution is -0.137. The summed E-state index contributed by atoms with van der Waals surface area (Å²) in [6, 6.07) is 2.18. The van der Waals surface area contributed by atoms with Crippen molar-refractivity contribution in [2.75, 3.05) is 13.2 Å². The molecule has 3 rings (SSSR count). The summed E-state index contributed by atoms with van der Waals surface area (Å²) in [5.74, 6) is 0. The molecule has 0 saturated carbocycles. The van der Waals surface area contributed by atoms with E-state index in [1.54, 1.807) is 4.57 Å². The molecule has 1 aliphatic rings. The second-order valence-corrected chi connectivity index (χ2v) is 4.54. The lowest BCUT2D eigenvalue weighted by atomic mass is 10.1. The fraction of sp³-hybridized carbons (Fsp3) is 0.462. The van der Waals surface area contributed by atoms with Crippen molar-refractivity contribution in [3.8, 4) is 0 Å². The zero-order chi connectivity index (χ0) is 14.3. The highest BCUT2D eigenvalue weighted by Crippen LogP contribution is 2.36. The van der Waals surface area contributed by atoms with Crippen LogP contribution in [0.1, 0.15) is 24.3 Å². The molecule has 0 spiro atoms. The van der Waals surface area contributed by atoms with E-state index in [1.165, 1.54) is 6.33 Å². The Balaban J connectivity index is 2.22. The number of halogens is 3. The number of aryl methyl sites for hydroxylation is 1. The van der Waals surface area contributed by atoms with Gasteiger partial charge in [-0.3, -0.25) is 0 Å².